The molecule has 2 amide bonds. The van der Waals surface area contributed by atoms with Gasteiger partial charge in [0.2, 0.25) is 11.9 Å². The Morgan fingerprint density at radius 3 is 2.66 bits per heavy atom. The van der Waals surface area contributed by atoms with Crippen molar-refractivity contribution in [2.24, 2.45) is 13.0 Å². The lowest BCUT2D eigenvalue weighted by atomic mass is 10.2. The second-order valence-corrected chi connectivity index (χ2v) is 7.78. The predicted molar refractivity (Wildman–Crippen MR) is 117 cm³/mol. The molecule has 1 aliphatic rings. The number of ether oxygens (including phenoxy) is 1. The number of carbonyl (C=O) groups excluding carboxylic acids is 2. The molecule has 162 valence electrons. The predicted octanol–water partition coefficient (Wildman–Crippen LogP) is 3.16. The van der Waals surface area contributed by atoms with E-state index in [0.717, 1.165) is 18.4 Å². The van der Waals surface area contributed by atoms with Crippen LogP contribution in [0.25, 0.3) is 5.65 Å². The zero-order valence-electron chi connectivity index (χ0n) is 17.6. The molecule has 5 rings (SSSR count). The number of pyridine rings is 1. The minimum atomic E-state index is -0.287. The maximum absolute atomic E-state index is 12.5. The van der Waals surface area contributed by atoms with Gasteiger partial charge in [-0.1, -0.05) is 6.07 Å². The summed E-state index contributed by atoms with van der Waals surface area (Å²) in [4.78, 5) is 28.7. The van der Waals surface area contributed by atoms with Crippen LogP contribution in [0, 0.1) is 12.8 Å². The number of nitrogens with one attached hydrogen (secondary N) is 2. The fourth-order valence-electron chi connectivity index (χ4n) is 3.33. The van der Waals surface area contributed by atoms with Gasteiger partial charge in [-0.25, -0.2) is 4.52 Å². The van der Waals surface area contributed by atoms with Crippen molar-refractivity contribution in [3.05, 3.63) is 60.0 Å². The van der Waals surface area contributed by atoms with E-state index in [4.69, 9.17) is 4.74 Å². The molecule has 0 unspecified atom stereocenters. The van der Waals surface area contributed by atoms with Crippen LogP contribution in [0.2, 0.25) is 0 Å². The average Bonchev–Trinajstić information content (AvgIpc) is 3.44. The first kappa shape index (κ1) is 19.7. The first-order valence-electron chi connectivity index (χ1n) is 10.2. The molecular formula is C22H21N7O3. The summed E-state index contributed by atoms with van der Waals surface area (Å²) < 4.78 is 9.09. The molecule has 3 aromatic heterocycles. The van der Waals surface area contributed by atoms with E-state index in [2.05, 4.69) is 25.8 Å². The Morgan fingerprint density at radius 2 is 1.91 bits per heavy atom. The molecule has 0 atom stereocenters. The van der Waals surface area contributed by atoms with Crippen molar-refractivity contribution in [3.63, 3.8) is 0 Å². The van der Waals surface area contributed by atoms with Crippen LogP contribution < -0.4 is 15.4 Å². The summed E-state index contributed by atoms with van der Waals surface area (Å²) in [6, 6.07) is 10.6. The van der Waals surface area contributed by atoms with E-state index in [0.29, 0.717) is 28.5 Å². The summed E-state index contributed by atoms with van der Waals surface area (Å²) in [5, 5.41) is 14.1. The maximum atomic E-state index is 12.5. The molecule has 32 heavy (non-hydrogen) atoms. The van der Waals surface area contributed by atoms with Gasteiger partial charge in [-0.15, -0.1) is 5.10 Å². The third kappa shape index (κ3) is 4.15. The Balaban J connectivity index is 1.29. The number of benzene rings is 1. The van der Waals surface area contributed by atoms with Crippen LogP contribution >= 0.6 is 0 Å². The van der Waals surface area contributed by atoms with Gasteiger partial charge < -0.3 is 10.1 Å². The Kier molecular flexibility index (Phi) is 4.81. The molecule has 3 heterocycles. The zero-order valence-corrected chi connectivity index (χ0v) is 17.6. The van der Waals surface area contributed by atoms with E-state index in [1.165, 1.54) is 0 Å². The van der Waals surface area contributed by atoms with E-state index in [-0.39, 0.29) is 23.7 Å². The summed E-state index contributed by atoms with van der Waals surface area (Å²) in [7, 11) is 1.77. The monoisotopic (exact) mass is 431 g/mol. The van der Waals surface area contributed by atoms with Crippen molar-refractivity contribution in [2.45, 2.75) is 19.8 Å². The normalized spacial score (nSPS) is 13.2. The Morgan fingerprint density at radius 1 is 1.06 bits per heavy atom. The highest BCUT2D eigenvalue weighted by molar-refractivity contribution is 6.03. The smallest absolute Gasteiger partial charge is 0.276 e. The highest BCUT2D eigenvalue weighted by Gasteiger charge is 2.30. The minimum absolute atomic E-state index is 0.0443. The lowest BCUT2D eigenvalue weighted by Crippen LogP contribution is -2.14. The van der Waals surface area contributed by atoms with E-state index < -0.39 is 0 Å². The van der Waals surface area contributed by atoms with Gasteiger partial charge in [-0.3, -0.25) is 19.6 Å². The number of hydrogen-bond acceptors (Lipinski definition) is 6. The van der Waals surface area contributed by atoms with Crippen molar-refractivity contribution in [1.82, 2.24) is 24.4 Å². The van der Waals surface area contributed by atoms with Crippen LogP contribution in [-0.2, 0) is 11.8 Å². The molecule has 0 saturated heterocycles. The van der Waals surface area contributed by atoms with E-state index in [1.54, 1.807) is 65.0 Å². The lowest BCUT2D eigenvalue weighted by molar-refractivity contribution is -0.117. The third-order valence-electron chi connectivity index (χ3n) is 5.04. The molecule has 1 fully saturated rings. The first-order valence-corrected chi connectivity index (χ1v) is 10.2. The van der Waals surface area contributed by atoms with Crippen LogP contribution in [0.15, 0.2) is 48.8 Å². The summed E-state index contributed by atoms with van der Waals surface area (Å²) >= 11 is 0. The fourth-order valence-corrected chi connectivity index (χ4v) is 3.33. The molecule has 1 aliphatic carbocycles. The molecule has 2 N–H and O–H groups in total. The number of aryl methyl sites for hydroxylation is 2. The molecule has 0 bridgehead atoms. The van der Waals surface area contributed by atoms with Gasteiger partial charge >= 0.3 is 0 Å². The van der Waals surface area contributed by atoms with Gasteiger partial charge in [-0.05, 0) is 44.0 Å². The van der Waals surface area contributed by atoms with Gasteiger partial charge in [-0.2, -0.15) is 10.1 Å². The van der Waals surface area contributed by atoms with Crippen molar-refractivity contribution in [1.29, 1.82) is 0 Å². The number of hydrogen-bond donors (Lipinski definition) is 2. The molecule has 4 aromatic rings. The average molecular weight is 431 g/mol. The molecule has 10 heteroatoms. The summed E-state index contributed by atoms with van der Waals surface area (Å²) in [5.41, 5.74) is 2.35. The van der Waals surface area contributed by atoms with Crippen molar-refractivity contribution < 1.29 is 14.3 Å². The van der Waals surface area contributed by atoms with Crippen LogP contribution in [0.5, 0.6) is 11.5 Å². The number of rotatable bonds is 6. The van der Waals surface area contributed by atoms with Gasteiger partial charge in [0.05, 0.1) is 6.20 Å². The highest BCUT2D eigenvalue weighted by Crippen LogP contribution is 2.30. The minimum Gasteiger partial charge on any atom is -0.456 e. The maximum Gasteiger partial charge on any atom is 0.276 e. The molecule has 1 aromatic carbocycles. The van der Waals surface area contributed by atoms with E-state index in [9.17, 15) is 9.59 Å². The summed E-state index contributed by atoms with van der Waals surface area (Å²) in [6.07, 6.45) is 5.30. The molecule has 0 radical (unpaired) electrons. The second kappa shape index (κ2) is 7.80. The zero-order chi connectivity index (χ0) is 22.2. The SMILES string of the molecule is Cc1cn(C)nc1C(=O)Nc1cccc(Oc2ccc3nc(NC(=O)C4CC4)nn3c2)c1. The van der Waals surface area contributed by atoms with Crippen LogP contribution in [0.3, 0.4) is 0 Å². The summed E-state index contributed by atoms with van der Waals surface area (Å²) in [5.74, 6) is 1.10. The molecule has 0 aliphatic heterocycles. The Bertz CT molecular complexity index is 1340. The molecule has 0 spiro atoms. The third-order valence-corrected chi connectivity index (χ3v) is 5.04. The van der Waals surface area contributed by atoms with E-state index in [1.807, 2.05) is 6.92 Å². The number of carbonyl (C=O) groups is 2. The van der Waals surface area contributed by atoms with Crippen LogP contribution in [0.4, 0.5) is 11.6 Å². The van der Waals surface area contributed by atoms with E-state index >= 15 is 0 Å². The quantitative estimate of drug-likeness (QED) is 0.485. The van der Waals surface area contributed by atoms with Crippen molar-refractivity contribution >= 4 is 29.1 Å². The topological polar surface area (TPSA) is 115 Å². The van der Waals surface area contributed by atoms with Crippen molar-refractivity contribution in [2.75, 3.05) is 10.6 Å². The Hall–Kier alpha value is -4.21. The van der Waals surface area contributed by atoms with Crippen LogP contribution in [0.1, 0.15) is 28.9 Å². The largest absolute Gasteiger partial charge is 0.456 e. The number of aromatic nitrogens is 5. The van der Waals surface area contributed by atoms with Gasteiger partial charge in [0.1, 0.15) is 11.5 Å². The highest BCUT2D eigenvalue weighted by atomic mass is 16.5. The number of fused-ring (bicyclic) bond motifs is 1. The second-order valence-electron chi connectivity index (χ2n) is 7.78. The number of nitrogens with zero attached hydrogens (tertiary/aromatic N) is 5. The summed E-state index contributed by atoms with van der Waals surface area (Å²) in [6.45, 7) is 1.84. The fraction of sp³-hybridized carbons (Fsp3) is 0.227. The van der Waals surface area contributed by atoms with Gasteiger partial charge in [0.15, 0.2) is 11.3 Å². The Labute approximate surface area is 183 Å². The number of amides is 2. The van der Waals surface area contributed by atoms with Gasteiger partial charge in [0, 0.05) is 36.5 Å². The molecule has 10 nitrogen and oxygen atoms in total. The van der Waals surface area contributed by atoms with Gasteiger partial charge in [0.25, 0.3) is 5.91 Å². The first-order chi connectivity index (χ1) is 15.4. The standard InChI is InChI=1S/C22H21N7O3/c1-13-11-28(2)26-19(13)21(31)23-15-4-3-5-16(10-15)32-17-8-9-18-24-22(27-29(18)12-17)25-20(30)14-6-7-14/h3-5,8-12,14H,6-7H2,1-2H3,(H,23,31)(H,25,27,30). The number of anilines is 2. The van der Waals surface area contributed by atoms with Crippen LogP contribution in [-0.4, -0.2) is 36.2 Å². The molecular weight excluding hydrogens is 410 g/mol. The molecule has 1 saturated carbocycles. The lowest BCUT2D eigenvalue weighted by Gasteiger charge is -2.09. The van der Waals surface area contributed by atoms with Crippen molar-refractivity contribution in [3.8, 4) is 11.5 Å².